The van der Waals surface area contributed by atoms with Crippen molar-refractivity contribution in [2.45, 2.75) is 25.0 Å². The fraction of sp³-hybridized carbons (Fsp3) is 0.444. The third-order valence-electron chi connectivity index (χ3n) is 4.55. The molecule has 0 amide bonds. The quantitative estimate of drug-likeness (QED) is 0.886. The molecule has 1 heterocycles. The first-order chi connectivity index (χ1) is 10.2. The van der Waals surface area contributed by atoms with Gasteiger partial charge in [0, 0.05) is 19.1 Å². The number of hydrogen-bond donors (Lipinski definition) is 2. The van der Waals surface area contributed by atoms with Gasteiger partial charge in [0.25, 0.3) is 0 Å². The Morgan fingerprint density at radius 3 is 2.81 bits per heavy atom. The highest BCUT2D eigenvalue weighted by Crippen LogP contribution is 2.20. The summed E-state index contributed by atoms with van der Waals surface area (Å²) >= 11 is 0. The molecule has 112 valence electrons. The Morgan fingerprint density at radius 1 is 1.24 bits per heavy atom. The van der Waals surface area contributed by atoms with Gasteiger partial charge in [-0.3, -0.25) is 0 Å². The maximum atomic E-state index is 10.3. The van der Waals surface area contributed by atoms with Crippen LogP contribution in [0, 0.1) is 0 Å². The summed E-state index contributed by atoms with van der Waals surface area (Å²) < 4.78 is 0. The van der Waals surface area contributed by atoms with Crippen LogP contribution in [0.25, 0.3) is 10.8 Å². The van der Waals surface area contributed by atoms with Crippen LogP contribution in [0.1, 0.15) is 24.5 Å². The lowest BCUT2D eigenvalue weighted by Gasteiger charge is -2.21. The first-order valence-corrected chi connectivity index (χ1v) is 7.82. The molecule has 1 aliphatic heterocycles. The van der Waals surface area contributed by atoms with Crippen molar-refractivity contribution < 1.29 is 5.11 Å². The van der Waals surface area contributed by atoms with Gasteiger partial charge in [-0.1, -0.05) is 36.4 Å². The Bertz CT molecular complexity index is 599. The number of likely N-dealkylation sites (N-methyl/N-ethyl adjacent to an activating group) is 1. The minimum absolute atomic E-state index is 0.443. The number of aliphatic hydroxyl groups excluding tert-OH is 1. The van der Waals surface area contributed by atoms with E-state index in [4.69, 9.17) is 0 Å². The topological polar surface area (TPSA) is 35.5 Å². The molecule has 0 saturated carbocycles. The van der Waals surface area contributed by atoms with Crippen molar-refractivity contribution in [2.75, 3.05) is 26.7 Å². The second-order valence-electron chi connectivity index (χ2n) is 6.06. The number of rotatable bonds is 5. The van der Waals surface area contributed by atoms with Gasteiger partial charge in [0.05, 0.1) is 6.10 Å². The molecule has 2 unspecified atom stereocenters. The SMILES string of the molecule is CN1CCCC1CNCC(O)c1ccc2ccccc2c1. The highest BCUT2D eigenvalue weighted by atomic mass is 16.3. The van der Waals surface area contributed by atoms with Crippen molar-refractivity contribution >= 4 is 10.8 Å². The second-order valence-corrected chi connectivity index (χ2v) is 6.06. The molecule has 0 aromatic heterocycles. The number of aliphatic hydroxyl groups is 1. The van der Waals surface area contributed by atoms with Crippen LogP contribution in [0.5, 0.6) is 0 Å². The van der Waals surface area contributed by atoms with Crippen molar-refractivity contribution in [2.24, 2.45) is 0 Å². The fourth-order valence-electron chi connectivity index (χ4n) is 3.16. The molecule has 0 radical (unpaired) electrons. The Labute approximate surface area is 126 Å². The summed E-state index contributed by atoms with van der Waals surface area (Å²) in [6.07, 6.45) is 2.10. The van der Waals surface area contributed by atoms with Gasteiger partial charge < -0.3 is 15.3 Å². The van der Waals surface area contributed by atoms with E-state index in [9.17, 15) is 5.11 Å². The third kappa shape index (κ3) is 3.43. The largest absolute Gasteiger partial charge is 0.387 e. The molecule has 21 heavy (non-hydrogen) atoms. The molecule has 2 aromatic carbocycles. The minimum Gasteiger partial charge on any atom is -0.387 e. The summed E-state index contributed by atoms with van der Waals surface area (Å²) in [5.41, 5.74) is 0.987. The summed E-state index contributed by atoms with van der Waals surface area (Å²) in [7, 11) is 2.18. The summed E-state index contributed by atoms with van der Waals surface area (Å²) in [5.74, 6) is 0. The first kappa shape index (κ1) is 14.5. The highest BCUT2D eigenvalue weighted by Gasteiger charge is 2.20. The van der Waals surface area contributed by atoms with Gasteiger partial charge in [0.15, 0.2) is 0 Å². The molecule has 1 saturated heterocycles. The van der Waals surface area contributed by atoms with E-state index >= 15 is 0 Å². The van der Waals surface area contributed by atoms with Crippen LogP contribution in [-0.4, -0.2) is 42.7 Å². The number of hydrogen-bond acceptors (Lipinski definition) is 3. The second kappa shape index (κ2) is 6.56. The molecular weight excluding hydrogens is 260 g/mol. The Morgan fingerprint density at radius 2 is 2.05 bits per heavy atom. The lowest BCUT2D eigenvalue weighted by atomic mass is 10.0. The van der Waals surface area contributed by atoms with Crippen LogP contribution in [0.2, 0.25) is 0 Å². The zero-order valence-corrected chi connectivity index (χ0v) is 12.6. The van der Waals surface area contributed by atoms with Gasteiger partial charge in [-0.2, -0.15) is 0 Å². The lowest BCUT2D eigenvalue weighted by molar-refractivity contribution is 0.170. The van der Waals surface area contributed by atoms with Crippen molar-refractivity contribution in [1.29, 1.82) is 0 Å². The van der Waals surface area contributed by atoms with Crippen molar-refractivity contribution in [3.63, 3.8) is 0 Å². The van der Waals surface area contributed by atoms with Gasteiger partial charge in [0.1, 0.15) is 0 Å². The molecule has 3 nitrogen and oxygen atoms in total. The number of nitrogens with zero attached hydrogens (tertiary/aromatic N) is 1. The van der Waals surface area contributed by atoms with Gasteiger partial charge in [-0.15, -0.1) is 0 Å². The predicted octanol–water partition coefficient (Wildman–Crippen LogP) is 2.56. The molecule has 2 aromatic rings. The molecule has 2 atom stereocenters. The summed E-state index contributed by atoms with van der Waals surface area (Å²) in [4.78, 5) is 2.40. The molecule has 0 aliphatic carbocycles. The predicted molar refractivity (Wildman–Crippen MR) is 87.4 cm³/mol. The first-order valence-electron chi connectivity index (χ1n) is 7.82. The maximum Gasteiger partial charge on any atom is 0.0914 e. The highest BCUT2D eigenvalue weighted by molar-refractivity contribution is 5.83. The van der Waals surface area contributed by atoms with Crippen molar-refractivity contribution in [3.8, 4) is 0 Å². The van der Waals surface area contributed by atoms with Crippen LogP contribution >= 0.6 is 0 Å². The van der Waals surface area contributed by atoms with E-state index in [2.05, 4.69) is 41.5 Å². The standard InChI is InChI=1S/C18H24N2O/c1-20-10-4-7-17(20)12-19-13-18(21)16-9-8-14-5-2-3-6-15(14)11-16/h2-3,5-6,8-9,11,17-19,21H,4,7,10,12-13H2,1H3. The fourth-order valence-corrected chi connectivity index (χ4v) is 3.16. The Hall–Kier alpha value is -1.42. The molecule has 3 heteroatoms. The van der Waals surface area contributed by atoms with Crippen LogP contribution < -0.4 is 5.32 Å². The molecule has 1 fully saturated rings. The zero-order chi connectivity index (χ0) is 14.7. The Kier molecular flexibility index (Phi) is 4.54. The molecule has 1 aliphatic rings. The lowest BCUT2D eigenvalue weighted by Crippen LogP contribution is -2.37. The van der Waals surface area contributed by atoms with Gasteiger partial charge in [-0.25, -0.2) is 0 Å². The smallest absolute Gasteiger partial charge is 0.0914 e. The molecular formula is C18H24N2O. The van der Waals surface area contributed by atoms with E-state index < -0.39 is 6.10 Å². The van der Waals surface area contributed by atoms with E-state index in [0.29, 0.717) is 12.6 Å². The molecule has 0 spiro atoms. The van der Waals surface area contributed by atoms with Crippen LogP contribution in [0.4, 0.5) is 0 Å². The molecule has 3 rings (SSSR count). The van der Waals surface area contributed by atoms with Crippen LogP contribution in [-0.2, 0) is 0 Å². The number of fused-ring (bicyclic) bond motifs is 1. The van der Waals surface area contributed by atoms with E-state index in [1.54, 1.807) is 0 Å². The van der Waals surface area contributed by atoms with E-state index in [0.717, 1.165) is 12.1 Å². The van der Waals surface area contributed by atoms with E-state index in [1.807, 2.05) is 18.2 Å². The normalized spacial score (nSPS) is 21.0. The van der Waals surface area contributed by atoms with Gasteiger partial charge in [0.2, 0.25) is 0 Å². The van der Waals surface area contributed by atoms with E-state index in [1.165, 1.54) is 30.2 Å². The van der Waals surface area contributed by atoms with Gasteiger partial charge in [-0.05, 0) is 48.8 Å². The van der Waals surface area contributed by atoms with Crippen molar-refractivity contribution in [3.05, 3.63) is 48.0 Å². The molecule has 2 N–H and O–H groups in total. The average molecular weight is 284 g/mol. The number of likely N-dealkylation sites (tertiary alicyclic amines) is 1. The van der Waals surface area contributed by atoms with Crippen LogP contribution in [0.15, 0.2) is 42.5 Å². The van der Waals surface area contributed by atoms with Gasteiger partial charge >= 0.3 is 0 Å². The minimum atomic E-state index is -0.443. The zero-order valence-electron chi connectivity index (χ0n) is 12.6. The van der Waals surface area contributed by atoms with Crippen LogP contribution in [0.3, 0.4) is 0 Å². The van der Waals surface area contributed by atoms with Crippen molar-refractivity contribution in [1.82, 2.24) is 10.2 Å². The number of benzene rings is 2. The summed E-state index contributed by atoms with van der Waals surface area (Å²) in [6, 6.07) is 15.1. The third-order valence-corrected chi connectivity index (χ3v) is 4.55. The monoisotopic (exact) mass is 284 g/mol. The average Bonchev–Trinajstić information content (AvgIpc) is 2.92. The number of nitrogens with one attached hydrogen (secondary N) is 1. The Balaban J connectivity index is 1.57. The maximum absolute atomic E-state index is 10.3. The summed E-state index contributed by atoms with van der Waals surface area (Å²) in [6.45, 7) is 2.77. The van der Waals surface area contributed by atoms with E-state index in [-0.39, 0.29) is 0 Å². The molecule has 0 bridgehead atoms. The summed E-state index contributed by atoms with van der Waals surface area (Å²) in [5, 5.41) is 16.2.